The van der Waals surface area contributed by atoms with Crippen LogP contribution in [0.15, 0.2) is 18.2 Å². The monoisotopic (exact) mass is 337 g/mol. The summed E-state index contributed by atoms with van der Waals surface area (Å²) in [5, 5.41) is 12.6. The van der Waals surface area contributed by atoms with E-state index in [0.717, 1.165) is 5.56 Å². The van der Waals surface area contributed by atoms with Crippen molar-refractivity contribution in [3.05, 3.63) is 23.8 Å². The van der Waals surface area contributed by atoms with Crippen molar-refractivity contribution in [2.45, 2.75) is 37.2 Å². The first-order valence-electron chi connectivity index (χ1n) is 8.04. The standard InChI is InChI=1S/C17H23NO6/c1-21-13-5-3-10(7-14(13)22-2)4-6-15(20)18-11-8-23-17-12(19)9-24-16(11)17/h3,5,7,11-12,16-17,19H,4,6,8-9H2,1-2H3,(H,18,20)/t11-,12-,16-,17-/m1/s1. The second-order valence-electron chi connectivity index (χ2n) is 6.03. The Hall–Kier alpha value is -1.83. The largest absolute Gasteiger partial charge is 0.493 e. The SMILES string of the molecule is COc1ccc(CCC(=O)N[C@@H]2CO[C@H]3[C@@H]2OC[C@H]3O)cc1OC. The first-order valence-corrected chi connectivity index (χ1v) is 8.04. The number of hydrogen-bond acceptors (Lipinski definition) is 6. The van der Waals surface area contributed by atoms with Crippen molar-refractivity contribution >= 4 is 5.91 Å². The van der Waals surface area contributed by atoms with Crippen LogP contribution < -0.4 is 14.8 Å². The molecule has 0 saturated carbocycles. The summed E-state index contributed by atoms with van der Waals surface area (Å²) in [5.41, 5.74) is 0.996. The molecular formula is C17H23NO6. The van der Waals surface area contributed by atoms with Crippen molar-refractivity contribution < 1.29 is 28.8 Å². The topological polar surface area (TPSA) is 86.3 Å². The van der Waals surface area contributed by atoms with Crippen molar-refractivity contribution in [3.8, 4) is 11.5 Å². The number of aryl methyl sites for hydroxylation is 1. The average Bonchev–Trinajstić information content (AvgIpc) is 3.16. The summed E-state index contributed by atoms with van der Waals surface area (Å²) in [6.07, 6.45) is -0.252. The lowest BCUT2D eigenvalue weighted by atomic mass is 10.1. The number of aliphatic hydroxyl groups is 1. The van der Waals surface area contributed by atoms with E-state index < -0.39 is 6.10 Å². The molecule has 0 bridgehead atoms. The molecule has 0 unspecified atom stereocenters. The number of amides is 1. The molecule has 2 N–H and O–H groups in total. The van der Waals surface area contributed by atoms with Crippen LogP contribution in [0.4, 0.5) is 0 Å². The second-order valence-corrected chi connectivity index (χ2v) is 6.03. The molecule has 2 aliphatic heterocycles. The van der Waals surface area contributed by atoms with E-state index in [-0.39, 0.29) is 30.8 Å². The van der Waals surface area contributed by atoms with Gasteiger partial charge in [0, 0.05) is 6.42 Å². The van der Waals surface area contributed by atoms with Gasteiger partial charge in [0.1, 0.15) is 18.3 Å². The highest BCUT2D eigenvalue weighted by Crippen LogP contribution is 2.28. The van der Waals surface area contributed by atoms with Gasteiger partial charge in [0.15, 0.2) is 11.5 Å². The average molecular weight is 337 g/mol. The van der Waals surface area contributed by atoms with Crippen LogP contribution in [0.5, 0.6) is 11.5 Å². The maximum absolute atomic E-state index is 12.2. The van der Waals surface area contributed by atoms with Gasteiger partial charge >= 0.3 is 0 Å². The zero-order chi connectivity index (χ0) is 17.1. The summed E-state index contributed by atoms with van der Waals surface area (Å²) < 4.78 is 21.5. The number of aliphatic hydroxyl groups excluding tert-OH is 1. The molecular weight excluding hydrogens is 314 g/mol. The Bertz CT molecular complexity index is 592. The van der Waals surface area contributed by atoms with E-state index in [1.807, 2.05) is 18.2 Å². The quantitative estimate of drug-likeness (QED) is 0.775. The van der Waals surface area contributed by atoms with Crippen molar-refractivity contribution in [3.63, 3.8) is 0 Å². The lowest BCUT2D eigenvalue weighted by Crippen LogP contribution is -2.44. The molecule has 1 aromatic rings. The smallest absolute Gasteiger partial charge is 0.220 e. The highest BCUT2D eigenvalue weighted by atomic mass is 16.6. The lowest BCUT2D eigenvalue weighted by molar-refractivity contribution is -0.122. The van der Waals surface area contributed by atoms with Crippen LogP contribution in [0.1, 0.15) is 12.0 Å². The summed E-state index contributed by atoms with van der Waals surface area (Å²) >= 11 is 0. The van der Waals surface area contributed by atoms with Gasteiger partial charge in [0.05, 0.1) is 33.5 Å². The van der Waals surface area contributed by atoms with Gasteiger partial charge < -0.3 is 29.4 Å². The van der Waals surface area contributed by atoms with Crippen LogP contribution in [0.3, 0.4) is 0 Å². The summed E-state index contributed by atoms with van der Waals surface area (Å²) in [6, 6.07) is 5.41. The van der Waals surface area contributed by atoms with Gasteiger partial charge in [-0.15, -0.1) is 0 Å². The molecule has 7 heteroatoms. The Balaban J connectivity index is 1.51. The Morgan fingerprint density at radius 2 is 1.96 bits per heavy atom. The van der Waals surface area contributed by atoms with E-state index in [4.69, 9.17) is 18.9 Å². The van der Waals surface area contributed by atoms with E-state index in [0.29, 0.717) is 30.9 Å². The van der Waals surface area contributed by atoms with Gasteiger partial charge in [-0.3, -0.25) is 4.79 Å². The number of fused-ring (bicyclic) bond motifs is 1. The third kappa shape index (κ3) is 3.48. The zero-order valence-electron chi connectivity index (χ0n) is 13.9. The summed E-state index contributed by atoms with van der Waals surface area (Å²) in [5.74, 6) is 1.25. The third-order valence-corrected chi connectivity index (χ3v) is 4.46. The van der Waals surface area contributed by atoms with Gasteiger partial charge in [-0.2, -0.15) is 0 Å². The van der Waals surface area contributed by atoms with E-state index >= 15 is 0 Å². The normalized spacial score (nSPS) is 28.5. The molecule has 1 aromatic carbocycles. The zero-order valence-corrected chi connectivity index (χ0v) is 13.9. The summed E-state index contributed by atoms with van der Waals surface area (Å²) in [6.45, 7) is 0.627. The van der Waals surface area contributed by atoms with Crippen LogP contribution in [-0.2, 0) is 20.7 Å². The first kappa shape index (κ1) is 17.0. The molecule has 0 spiro atoms. The minimum absolute atomic E-state index is 0.0657. The number of methoxy groups -OCH3 is 2. The minimum atomic E-state index is -0.608. The maximum atomic E-state index is 12.2. The highest BCUT2D eigenvalue weighted by Gasteiger charge is 2.47. The molecule has 0 aromatic heterocycles. The lowest BCUT2D eigenvalue weighted by Gasteiger charge is -2.17. The van der Waals surface area contributed by atoms with Crippen LogP contribution in [0, 0.1) is 0 Å². The Kier molecular flexibility index (Phi) is 5.23. The van der Waals surface area contributed by atoms with Gasteiger partial charge in [-0.25, -0.2) is 0 Å². The molecule has 0 aliphatic carbocycles. The molecule has 2 heterocycles. The molecule has 2 aliphatic rings. The van der Waals surface area contributed by atoms with Gasteiger partial charge in [-0.05, 0) is 24.1 Å². The summed E-state index contributed by atoms with van der Waals surface area (Å²) in [7, 11) is 3.17. The number of ether oxygens (including phenoxy) is 4. The molecule has 0 radical (unpaired) electrons. The number of carbonyl (C=O) groups excluding carboxylic acids is 1. The molecule has 1 amide bonds. The van der Waals surface area contributed by atoms with Gasteiger partial charge in [0.25, 0.3) is 0 Å². The second kappa shape index (κ2) is 7.38. The molecule has 2 fully saturated rings. The summed E-state index contributed by atoms with van der Waals surface area (Å²) in [4.78, 5) is 12.2. The fourth-order valence-electron chi connectivity index (χ4n) is 3.18. The Morgan fingerprint density at radius 3 is 2.71 bits per heavy atom. The third-order valence-electron chi connectivity index (χ3n) is 4.46. The Labute approximate surface area is 140 Å². The van der Waals surface area contributed by atoms with E-state index in [2.05, 4.69) is 5.32 Å². The fraction of sp³-hybridized carbons (Fsp3) is 0.588. The number of nitrogens with one attached hydrogen (secondary N) is 1. The van der Waals surface area contributed by atoms with Crippen molar-refractivity contribution in [2.24, 2.45) is 0 Å². The maximum Gasteiger partial charge on any atom is 0.220 e. The molecule has 3 rings (SSSR count). The van der Waals surface area contributed by atoms with Gasteiger partial charge in [0.2, 0.25) is 5.91 Å². The molecule has 7 nitrogen and oxygen atoms in total. The van der Waals surface area contributed by atoms with Gasteiger partial charge in [-0.1, -0.05) is 6.07 Å². The first-order chi connectivity index (χ1) is 11.6. The van der Waals surface area contributed by atoms with Crippen molar-refractivity contribution in [1.82, 2.24) is 5.32 Å². The molecule has 2 saturated heterocycles. The number of rotatable bonds is 6. The Morgan fingerprint density at radius 1 is 1.21 bits per heavy atom. The molecule has 132 valence electrons. The predicted octanol–water partition coefficient (Wildman–Crippen LogP) is 0.280. The van der Waals surface area contributed by atoms with Crippen LogP contribution in [-0.4, -0.2) is 62.8 Å². The number of hydrogen-bond donors (Lipinski definition) is 2. The van der Waals surface area contributed by atoms with E-state index in [9.17, 15) is 9.90 Å². The van der Waals surface area contributed by atoms with Crippen LogP contribution in [0.2, 0.25) is 0 Å². The van der Waals surface area contributed by atoms with E-state index in [1.54, 1.807) is 14.2 Å². The molecule has 4 atom stereocenters. The van der Waals surface area contributed by atoms with Crippen molar-refractivity contribution in [1.29, 1.82) is 0 Å². The van der Waals surface area contributed by atoms with Crippen LogP contribution >= 0.6 is 0 Å². The minimum Gasteiger partial charge on any atom is -0.493 e. The highest BCUT2D eigenvalue weighted by molar-refractivity contribution is 5.76. The van der Waals surface area contributed by atoms with E-state index in [1.165, 1.54) is 0 Å². The molecule has 24 heavy (non-hydrogen) atoms. The number of carbonyl (C=O) groups is 1. The number of benzene rings is 1. The van der Waals surface area contributed by atoms with Crippen molar-refractivity contribution in [2.75, 3.05) is 27.4 Å². The predicted molar refractivity (Wildman–Crippen MR) is 85.3 cm³/mol. The van der Waals surface area contributed by atoms with Crippen LogP contribution in [0.25, 0.3) is 0 Å². The fourth-order valence-corrected chi connectivity index (χ4v) is 3.18.